The standard InChI is InChI=1S/C15H13NO/c17-10-13-12-8-4-5-9-14(12)16-15(13)11-6-2-1-3-7-11/h1-9,16-17H,10H2. The molecule has 0 amide bonds. The Bertz CT molecular complexity index is 640. The number of nitrogens with one attached hydrogen (secondary N) is 1. The number of benzene rings is 2. The number of aromatic amines is 1. The highest BCUT2D eigenvalue weighted by Gasteiger charge is 2.11. The summed E-state index contributed by atoms with van der Waals surface area (Å²) >= 11 is 0. The number of aromatic nitrogens is 1. The van der Waals surface area contributed by atoms with E-state index in [-0.39, 0.29) is 6.61 Å². The van der Waals surface area contributed by atoms with Crippen LogP contribution in [0.2, 0.25) is 0 Å². The van der Waals surface area contributed by atoms with Crippen molar-refractivity contribution in [1.29, 1.82) is 0 Å². The largest absolute Gasteiger partial charge is 0.392 e. The van der Waals surface area contributed by atoms with Gasteiger partial charge in [0.1, 0.15) is 0 Å². The van der Waals surface area contributed by atoms with Gasteiger partial charge in [-0.2, -0.15) is 0 Å². The summed E-state index contributed by atoms with van der Waals surface area (Å²) in [5.74, 6) is 0. The van der Waals surface area contributed by atoms with Crippen molar-refractivity contribution in [2.75, 3.05) is 0 Å². The van der Waals surface area contributed by atoms with Crippen LogP contribution in [0.5, 0.6) is 0 Å². The molecule has 2 N–H and O–H groups in total. The third-order valence-electron chi connectivity index (χ3n) is 3.03. The molecule has 1 heterocycles. The first-order valence-electron chi connectivity index (χ1n) is 5.66. The lowest BCUT2D eigenvalue weighted by molar-refractivity contribution is 0.284. The zero-order valence-electron chi connectivity index (χ0n) is 9.35. The molecule has 2 aromatic carbocycles. The van der Waals surface area contributed by atoms with Crippen LogP contribution in [0.3, 0.4) is 0 Å². The molecule has 84 valence electrons. The topological polar surface area (TPSA) is 36.0 Å². The van der Waals surface area contributed by atoms with Gasteiger partial charge in [0.25, 0.3) is 0 Å². The molecule has 0 aliphatic carbocycles. The van der Waals surface area contributed by atoms with Crippen LogP contribution in [-0.2, 0) is 6.61 Å². The maximum absolute atomic E-state index is 9.55. The van der Waals surface area contributed by atoms with Gasteiger partial charge >= 0.3 is 0 Å². The van der Waals surface area contributed by atoms with Crippen LogP contribution in [-0.4, -0.2) is 10.1 Å². The molecule has 0 aliphatic heterocycles. The van der Waals surface area contributed by atoms with E-state index in [1.54, 1.807) is 0 Å². The van der Waals surface area contributed by atoms with Gasteiger partial charge in [-0.05, 0) is 11.6 Å². The lowest BCUT2D eigenvalue weighted by Crippen LogP contribution is -1.85. The molecular weight excluding hydrogens is 210 g/mol. The Morgan fingerprint density at radius 1 is 0.882 bits per heavy atom. The van der Waals surface area contributed by atoms with Crippen LogP contribution >= 0.6 is 0 Å². The fourth-order valence-corrected chi connectivity index (χ4v) is 2.22. The van der Waals surface area contributed by atoms with Crippen molar-refractivity contribution in [2.24, 2.45) is 0 Å². The fourth-order valence-electron chi connectivity index (χ4n) is 2.22. The fraction of sp³-hybridized carbons (Fsp3) is 0.0667. The lowest BCUT2D eigenvalue weighted by atomic mass is 10.1. The molecule has 17 heavy (non-hydrogen) atoms. The molecule has 0 atom stereocenters. The molecule has 3 rings (SSSR count). The minimum Gasteiger partial charge on any atom is -0.392 e. The smallest absolute Gasteiger partial charge is 0.0709 e. The number of para-hydroxylation sites is 1. The quantitative estimate of drug-likeness (QED) is 0.686. The molecule has 0 radical (unpaired) electrons. The summed E-state index contributed by atoms with van der Waals surface area (Å²) < 4.78 is 0. The minimum atomic E-state index is 0.0498. The van der Waals surface area contributed by atoms with Crippen LogP contribution in [0.15, 0.2) is 54.6 Å². The van der Waals surface area contributed by atoms with Gasteiger partial charge < -0.3 is 10.1 Å². The Hall–Kier alpha value is -2.06. The molecule has 0 aliphatic rings. The molecule has 0 saturated heterocycles. The molecule has 2 heteroatoms. The number of aliphatic hydroxyl groups is 1. The Balaban J connectivity index is 2.30. The van der Waals surface area contributed by atoms with Gasteiger partial charge in [0.05, 0.1) is 12.3 Å². The monoisotopic (exact) mass is 223 g/mol. The van der Waals surface area contributed by atoms with E-state index in [0.717, 1.165) is 27.7 Å². The van der Waals surface area contributed by atoms with Crippen LogP contribution in [0.25, 0.3) is 22.2 Å². The van der Waals surface area contributed by atoms with E-state index in [4.69, 9.17) is 0 Å². The summed E-state index contributed by atoms with van der Waals surface area (Å²) in [6.07, 6.45) is 0. The average Bonchev–Trinajstić information content (AvgIpc) is 2.78. The van der Waals surface area contributed by atoms with Crippen LogP contribution < -0.4 is 0 Å². The highest BCUT2D eigenvalue weighted by Crippen LogP contribution is 2.29. The van der Waals surface area contributed by atoms with E-state index in [1.807, 2.05) is 54.6 Å². The normalized spacial score (nSPS) is 10.9. The van der Waals surface area contributed by atoms with E-state index in [0.29, 0.717) is 0 Å². The van der Waals surface area contributed by atoms with Gasteiger partial charge in [0.2, 0.25) is 0 Å². The number of H-pyrrole nitrogens is 1. The zero-order valence-corrected chi connectivity index (χ0v) is 9.35. The molecule has 0 bridgehead atoms. The number of hydrogen-bond donors (Lipinski definition) is 2. The SMILES string of the molecule is OCc1c(-c2ccccc2)[nH]c2ccccc12. The van der Waals surface area contributed by atoms with Crippen molar-refractivity contribution in [3.63, 3.8) is 0 Å². The zero-order chi connectivity index (χ0) is 11.7. The Labute approximate surface area is 99.5 Å². The van der Waals surface area contributed by atoms with Gasteiger partial charge in [-0.25, -0.2) is 0 Å². The van der Waals surface area contributed by atoms with Crippen LogP contribution in [0.4, 0.5) is 0 Å². The summed E-state index contributed by atoms with van der Waals surface area (Å²) in [7, 11) is 0. The number of fused-ring (bicyclic) bond motifs is 1. The van der Waals surface area contributed by atoms with Crippen molar-refractivity contribution in [1.82, 2.24) is 4.98 Å². The van der Waals surface area contributed by atoms with Gasteiger partial charge in [-0.3, -0.25) is 0 Å². The first kappa shape index (κ1) is 10.1. The van der Waals surface area contributed by atoms with E-state index in [1.165, 1.54) is 0 Å². The molecule has 0 unspecified atom stereocenters. The summed E-state index contributed by atoms with van der Waals surface area (Å²) in [5, 5.41) is 10.6. The van der Waals surface area contributed by atoms with Crippen molar-refractivity contribution < 1.29 is 5.11 Å². The maximum Gasteiger partial charge on any atom is 0.0709 e. The molecule has 1 aromatic heterocycles. The Morgan fingerprint density at radius 2 is 1.59 bits per heavy atom. The molecule has 3 aromatic rings. The van der Waals surface area contributed by atoms with Gasteiger partial charge in [-0.1, -0.05) is 48.5 Å². The van der Waals surface area contributed by atoms with Crippen LogP contribution in [0.1, 0.15) is 5.56 Å². The Kier molecular flexibility index (Phi) is 2.42. The highest BCUT2D eigenvalue weighted by atomic mass is 16.3. The van der Waals surface area contributed by atoms with Crippen molar-refractivity contribution in [2.45, 2.75) is 6.61 Å². The molecule has 0 saturated carbocycles. The third-order valence-corrected chi connectivity index (χ3v) is 3.03. The second-order valence-corrected chi connectivity index (χ2v) is 4.05. The predicted octanol–water partition coefficient (Wildman–Crippen LogP) is 3.33. The molecule has 2 nitrogen and oxygen atoms in total. The second-order valence-electron chi connectivity index (χ2n) is 4.05. The summed E-state index contributed by atoms with van der Waals surface area (Å²) in [4.78, 5) is 3.37. The average molecular weight is 223 g/mol. The van der Waals surface area contributed by atoms with E-state index in [2.05, 4.69) is 4.98 Å². The number of aliphatic hydroxyl groups excluding tert-OH is 1. The predicted molar refractivity (Wildman–Crippen MR) is 69.7 cm³/mol. The molecule has 0 fully saturated rings. The first-order chi connectivity index (χ1) is 8.40. The van der Waals surface area contributed by atoms with Gasteiger partial charge in [0.15, 0.2) is 0 Å². The van der Waals surface area contributed by atoms with Crippen molar-refractivity contribution in [3.8, 4) is 11.3 Å². The number of hydrogen-bond acceptors (Lipinski definition) is 1. The minimum absolute atomic E-state index is 0.0498. The summed E-state index contributed by atoms with van der Waals surface area (Å²) in [6.45, 7) is 0.0498. The van der Waals surface area contributed by atoms with Gasteiger partial charge in [0, 0.05) is 16.5 Å². The van der Waals surface area contributed by atoms with E-state index < -0.39 is 0 Å². The van der Waals surface area contributed by atoms with Gasteiger partial charge in [-0.15, -0.1) is 0 Å². The highest BCUT2D eigenvalue weighted by molar-refractivity contribution is 5.90. The Morgan fingerprint density at radius 3 is 2.35 bits per heavy atom. The summed E-state index contributed by atoms with van der Waals surface area (Å²) in [5.41, 5.74) is 4.14. The first-order valence-corrected chi connectivity index (χ1v) is 5.66. The third kappa shape index (κ3) is 1.63. The van der Waals surface area contributed by atoms with Crippen molar-refractivity contribution in [3.05, 3.63) is 60.2 Å². The molecule has 0 spiro atoms. The lowest BCUT2D eigenvalue weighted by Gasteiger charge is -2.01. The van der Waals surface area contributed by atoms with Crippen LogP contribution in [0, 0.1) is 0 Å². The van der Waals surface area contributed by atoms with E-state index >= 15 is 0 Å². The summed E-state index contributed by atoms with van der Waals surface area (Å²) in [6, 6.07) is 18.1. The number of rotatable bonds is 2. The maximum atomic E-state index is 9.55. The van der Waals surface area contributed by atoms with E-state index in [9.17, 15) is 5.11 Å². The van der Waals surface area contributed by atoms with Crippen molar-refractivity contribution >= 4 is 10.9 Å². The second kappa shape index (κ2) is 4.07. The molecular formula is C15H13NO.